The summed E-state index contributed by atoms with van der Waals surface area (Å²) in [7, 11) is -1.57. The fourth-order valence-corrected chi connectivity index (χ4v) is 1.99. The van der Waals surface area contributed by atoms with Crippen molar-refractivity contribution >= 4 is 9.28 Å². The van der Waals surface area contributed by atoms with Gasteiger partial charge < -0.3 is 8.85 Å². The lowest BCUT2D eigenvalue weighted by atomic mass is 10.2. The van der Waals surface area contributed by atoms with Gasteiger partial charge in [-0.1, -0.05) is 5.70 Å². The molecule has 11 heavy (non-hydrogen) atoms. The van der Waals surface area contributed by atoms with Gasteiger partial charge in [0.25, 0.3) is 0 Å². The van der Waals surface area contributed by atoms with Crippen molar-refractivity contribution < 1.29 is 8.85 Å². The molecule has 0 N–H and O–H groups in total. The Bertz CT molecular complexity index is 118. The molecule has 0 saturated carbocycles. The lowest BCUT2D eigenvalue weighted by Crippen LogP contribution is -2.31. The largest absolute Gasteiger partial charge is 0.394 e. The van der Waals surface area contributed by atoms with Gasteiger partial charge in [0.15, 0.2) is 0 Å². The van der Waals surface area contributed by atoms with Crippen molar-refractivity contribution in [2.45, 2.75) is 33.3 Å². The maximum atomic E-state index is 5.63. The first-order valence-corrected chi connectivity index (χ1v) is 5.52. The summed E-state index contributed by atoms with van der Waals surface area (Å²) < 4.78 is 11.0. The highest BCUT2D eigenvalue weighted by atomic mass is 28.3. The van der Waals surface area contributed by atoms with Crippen molar-refractivity contribution in [1.82, 2.24) is 0 Å². The van der Waals surface area contributed by atoms with E-state index in [1.165, 1.54) is 0 Å². The molecule has 0 saturated heterocycles. The molecule has 1 unspecified atom stereocenters. The Labute approximate surface area is 71.1 Å². The van der Waals surface area contributed by atoms with Gasteiger partial charge in [0.05, 0.1) is 5.60 Å². The van der Waals surface area contributed by atoms with Crippen LogP contribution < -0.4 is 0 Å². The van der Waals surface area contributed by atoms with Gasteiger partial charge >= 0.3 is 9.28 Å². The van der Waals surface area contributed by atoms with Crippen molar-refractivity contribution in [2.24, 2.45) is 0 Å². The maximum absolute atomic E-state index is 5.63. The summed E-state index contributed by atoms with van der Waals surface area (Å²) in [6.45, 7) is 12.4. The smallest absolute Gasteiger partial charge is 0.348 e. The van der Waals surface area contributed by atoms with Crippen LogP contribution in [0.1, 0.15) is 27.7 Å². The third-order valence-electron chi connectivity index (χ3n) is 0.993. The molecular weight excluding hydrogens is 156 g/mol. The molecule has 3 heteroatoms. The van der Waals surface area contributed by atoms with E-state index in [-0.39, 0.29) is 5.60 Å². The van der Waals surface area contributed by atoms with Gasteiger partial charge in [0, 0.05) is 6.61 Å². The lowest BCUT2D eigenvalue weighted by Gasteiger charge is -2.24. The molecule has 0 aromatic rings. The number of hydrogen-bond acceptors (Lipinski definition) is 2. The van der Waals surface area contributed by atoms with Crippen LogP contribution in [0.15, 0.2) is 12.3 Å². The quantitative estimate of drug-likeness (QED) is 0.605. The highest BCUT2D eigenvalue weighted by Crippen LogP contribution is 2.09. The minimum Gasteiger partial charge on any atom is -0.394 e. The van der Waals surface area contributed by atoms with E-state index in [4.69, 9.17) is 8.85 Å². The second-order valence-electron chi connectivity index (χ2n) is 3.29. The Kier molecular flexibility index (Phi) is 4.64. The molecule has 66 valence electrons. The van der Waals surface area contributed by atoms with E-state index in [0.29, 0.717) is 6.61 Å². The van der Waals surface area contributed by atoms with Gasteiger partial charge in [0.1, 0.15) is 0 Å². The van der Waals surface area contributed by atoms with Crippen molar-refractivity contribution in [3.8, 4) is 0 Å². The lowest BCUT2D eigenvalue weighted by molar-refractivity contribution is 0.0903. The zero-order valence-corrected chi connectivity index (χ0v) is 9.04. The highest BCUT2D eigenvalue weighted by Gasteiger charge is 2.17. The van der Waals surface area contributed by atoms with Crippen molar-refractivity contribution in [3.05, 3.63) is 12.3 Å². The molecule has 0 amide bonds. The van der Waals surface area contributed by atoms with Crippen LogP contribution >= 0.6 is 0 Å². The van der Waals surface area contributed by atoms with E-state index < -0.39 is 9.28 Å². The summed E-state index contributed by atoms with van der Waals surface area (Å²) in [5.41, 5.74) is 1.69. The number of rotatable bonds is 4. The van der Waals surface area contributed by atoms with Gasteiger partial charge in [-0.05, 0) is 27.7 Å². The van der Waals surface area contributed by atoms with Crippen LogP contribution in [0.2, 0.25) is 0 Å². The second-order valence-corrected chi connectivity index (χ2v) is 5.07. The second kappa shape index (κ2) is 4.69. The molecule has 0 aliphatic heterocycles. The van der Waals surface area contributed by atoms with Gasteiger partial charge in [-0.25, -0.2) is 0 Å². The van der Waals surface area contributed by atoms with E-state index in [0.717, 1.165) is 0 Å². The monoisotopic (exact) mass is 174 g/mol. The third kappa shape index (κ3) is 6.28. The molecule has 2 nitrogen and oxygen atoms in total. The van der Waals surface area contributed by atoms with Crippen LogP contribution in [0.3, 0.4) is 0 Å². The molecule has 1 atom stereocenters. The molecule has 0 aromatic carbocycles. The fraction of sp³-hybridized carbons (Fsp3) is 0.750. The first kappa shape index (κ1) is 10.9. The van der Waals surface area contributed by atoms with Crippen LogP contribution in [0.4, 0.5) is 0 Å². The Balaban J connectivity index is 3.77. The summed E-state index contributed by atoms with van der Waals surface area (Å²) in [4.78, 5) is 0. The summed E-state index contributed by atoms with van der Waals surface area (Å²) in [5.74, 6) is 0. The molecule has 0 spiro atoms. The Morgan fingerprint density at radius 3 is 2.27 bits per heavy atom. The van der Waals surface area contributed by atoms with Gasteiger partial charge in [-0.2, -0.15) is 0 Å². The maximum Gasteiger partial charge on any atom is 0.348 e. The number of hydrogen-bond donors (Lipinski definition) is 0. The summed E-state index contributed by atoms with van der Waals surface area (Å²) >= 11 is 0. The zero-order chi connectivity index (χ0) is 8.91. The minimum atomic E-state index is -1.57. The van der Waals surface area contributed by atoms with Crippen LogP contribution in [-0.2, 0) is 8.85 Å². The van der Waals surface area contributed by atoms with Crippen LogP contribution in [0, 0.1) is 0 Å². The standard InChI is InChI=1S/C8H18O2Si/c1-6-9-11(7-2)10-8(3,4)5/h7,11H,2,6H2,1,3-5H3. The Morgan fingerprint density at radius 1 is 1.45 bits per heavy atom. The predicted molar refractivity (Wildman–Crippen MR) is 49.8 cm³/mol. The fourth-order valence-electron chi connectivity index (χ4n) is 0.663. The first-order chi connectivity index (χ1) is 4.99. The van der Waals surface area contributed by atoms with Crippen molar-refractivity contribution in [1.29, 1.82) is 0 Å². The van der Waals surface area contributed by atoms with Crippen LogP contribution in [-0.4, -0.2) is 21.5 Å². The zero-order valence-electron chi connectivity index (χ0n) is 7.89. The molecule has 0 heterocycles. The van der Waals surface area contributed by atoms with E-state index in [1.54, 1.807) is 5.70 Å². The summed E-state index contributed by atoms with van der Waals surface area (Å²) in [6.07, 6.45) is 0. The Hall–Kier alpha value is -0.123. The van der Waals surface area contributed by atoms with Gasteiger partial charge in [-0.3, -0.25) is 0 Å². The molecule has 0 fully saturated rings. The normalized spacial score (nSPS) is 14.5. The topological polar surface area (TPSA) is 18.5 Å². The van der Waals surface area contributed by atoms with Crippen LogP contribution in [0.25, 0.3) is 0 Å². The molecule has 0 aliphatic rings. The van der Waals surface area contributed by atoms with Gasteiger partial charge in [0.2, 0.25) is 0 Å². The minimum absolute atomic E-state index is 0.111. The highest BCUT2D eigenvalue weighted by molar-refractivity contribution is 6.50. The molecule has 0 aromatic heterocycles. The predicted octanol–water partition coefficient (Wildman–Crippen LogP) is 1.78. The molecule has 0 aliphatic carbocycles. The van der Waals surface area contributed by atoms with Crippen molar-refractivity contribution in [2.75, 3.05) is 6.61 Å². The van der Waals surface area contributed by atoms with E-state index in [2.05, 4.69) is 6.58 Å². The summed E-state index contributed by atoms with van der Waals surface area (Å²) in [6, 6.07) is 0. The SMILES string of the molecule is C=C[SiH](OCC)OC(C)(C)C. The van der Waals surface area contributed by atoms with Crippen LogP contribution in [0.5, 0.6) is 0 Å². The Morgan fingerprint density at radius 2 is 2.00 bits per heavy atom. The third-order valence-corrected chi connectivity index (χ3v) is 2.98. The average Bonchev–Trinajstić information content (AvgIpc) is 1.84. The van der Waals surface area contributed by atoms with E-state index in [9.17, 15) is 0 Å². The van der Waals surface area contributed by atoms with Gasteiger partial charge in [-0.15, -0.1) is 6.58 Å². The van der Waals surface area contributed by atoms with E-state index >= 15 is 0 Å². The van der Waals surface area contributed by atoms with E-state index in [1.807, 2.05) is 27.7 Å². The molecular formula is C8H18O2Si. The molecule has 0 bridgehead atoms. The first-order valence-electron chi connectivity index (χ1n) is 3.91. The molecule has 0 radical (unpaired) electrons. The van der Waals surface area contributed by atoms with Crippen molar-refractivity contribution in [3.63, 3.8) is 0 Å². The molecule has 0 rings (SSSR count). The summed E-state index contributed by atoms with van der Waals surface area (Å²) in [5, 5.41) is 0. The average molecular weight is 174 g/mol.